The zero-order valence-electron chi connectivity index (χ0n) is 7.93. The van der Waals surface area contributed by atoms with Crippen molar-refractivity contribution in [3.8, 4) is 0 Å². The van der Waals surface area contributed by atoms with E-state index in [1.165, 1.54) is 0 Å². The Balaban J connectivity index is 2.61. The van der Waals surface area contributed by atoms with Gasteiger partial charge in [0.25, 0.3) is 0 Å². The number of rotatable bonds is 3. The van der Waals surface area contributed by atoms with Gasteiger partial charge in [-0.1, -0.05) is 17.7 Å². The fraction of sp³-hybridized carbons (Fsp3) is 0.667. The van der Waals surface area contributed by atoms with E-state index in [0.717, 1.165) is 6.08 Å². The summed E-state index contributed by atoms with van der Waals surface area (Å²) in [5, 5.41) is 3.38. The first-order valence-electron chi connectivity index (χ1n) is 4.47. The van der Waals surface area contributed by atoms with Crippen LogP contribution in [0.2, 0.25) is 0 Å². The summed E-state index contributed by atoms with van der Waals surface area (Å²) in [5.74, 6) is -1.63. The third-order valence-electron chi connectivity index (χ3n) is 2.36. The van der Waals surface area contributed by atoms with Crippen molar-refractivity contribution < 1.29 is 18.0 Å². The van der Waals surface area contributed by atoms with E-state index in [0.29, 0.717) is 6.42 Å². The maximum absolute atomic E-state index is 12.3. The summed E-state index contributed by atoms with van der Waals surface area (Å²) >= 11 is 5.74. The van der Waals surface area contributed by atoms with Gasteiger partial charge in [0.15, 0.2) is 0 Å². The molecule has 1 aliphatic carbocycles. The van der Waals surface area contributed by atoms with Crippen LogP contribution >= 0.6 is 11.6 Å². The molecule has 1 aliphatic rings. The largest absolute Gasteiger partial charge is 0.396 e. The summed E-state index contributed by atoms with van der Waals surface area (Å²) < 4.78 is 37.0. The van der Waals surface area contributed by atoms with E-state index >= 15 is 0 Å². The first kappa shape index (κ1) is 12.4. The van der Waals surface area contributed by atoms with Crippen molar-refractivity contribution in [2.24, 2.45) is 17.0 Å². The van der Waals surface area contributed by atoms with Crippen molar-refractivity contribution in [1.29, 1.82) is 0 Å². The van der Waals surface area contributed by atoms with Gasteiger partial charge in [-0.3, -0.25) is 0 Å². The summed E-state index contributed by atoms with van der Waals surface area (Å²) in [6, 6.07) is 0. The molecule has 0 bridgehead atoms. The van der Waals surface area contributed by atoms with Gasteiger partial charge in [0.05, 0.1) is 5.92 Å². The molecule has 0 saturated heterocycles. The van der Waals surface area contributed by atoms with Crippen LogP contribution in [0.15, 0.2) is 16.3 Å². The second-order valence-electron chi connectivity index (χ2n) is 3.40. The lowest BCUT2D eigenvalue weighted by Crippen LogP contribution is -2.26. The van der Waals surface area contributed by atoms with E-state index in [4.69, 9.17) is 11.6 Å². The lowest BCUT2D eigenvalue weighted by atomic mass is 9.88. The predicted octanol–water partition coefficient (Wildman–Crippen LogP) is 3.33. The molecule has 0 aromatic carbocycles. The Labute approximate surface area is 90.7 Å². The Morgan fingerprint density at radius 1 is 1.53 bits per heavy atom. The molecule has 0 saturated carbocycles. The second-order valence-corrected chi connectivity index (χ2v) is 3.84. The summed E-state index contributed by atoms with van der Waals surface area (Å²) in [7, 11) is 0. The summed E-state index contributed by atoms with van der Waals surface area (Å²) in [6.45, 7) is 3.29. The minimum Gasteiger partial charge on any atom is -0.396 e. The topological polar surface area (TPSA) is 21.6 Å². The van der Waals surface area contributed by atoms with Gasteiger partial charge in [-0.15, -0.1) is 5.16 Å². The summed E-state index contributed by atoms with van der Waals surface area (Å²) in [5.41, 5.74) is 0. The van der Waals surface area contributed by atoms with Crippen molar-refractivity contribution in [2.45, 2.75) is 19.0 Å². The minimum absolute atomic E-state index is 0.0465. The third-order valence-corrected chi connectivity index (χ3v) is 2.80. The van der Waals surface area contributed by atoms with Crippen LogP contribution in [0.3, 0.4) is 0 Å². The van der Waals surface area contributed by atoms with Crippen LogP contribution in [-0.2, 0) is 4.84 Å². The first-order chi connectivity index (χ1) is 6.95. The van der Waals surface area contributed by atoms with Crippen molar-refractivity contribution in [1.82, 2.24) is 0 Å². The van der Waals surface area contributed by atoms with Gasteiger partial charge in [-0.2, -0.15) is 13.2 Å². The Hall–Kier alpha value is -0.710. The standard InChI is InChI=1S/C9H11ClF3NO/c1-14-15-5-6-2-3-7(4-8(6)10)9(11,12)13/h4,6-7H,1-3,5H2. The first-order valence-corrected chi connectivity index (χ1v) is 4.85. The molecule has 0 heterocycles. The zero-order chi connectivity index (χ0) is 11.5. The van der Waals surface area contributed by atoms with Crippen LogP contribution in [0.1, 0.15) is 12.8 Å². The molecule has 0 fully saturated rings. The number of hydrogen-bond acceptors (Lipinski definition) is 2. The summed E-state index contributed by atoms with van der Waals surface area (Å²) in [4.78, 5) is 4.67. The average Bonchev–Trinajstić information content (AvgIpc) is 2.14. The molecule has 2 atom stereocenters. The van der Waals surface area contributed by atoms with Crippen LogP contribution in [-0.4, -0.2) is 19.5 Å². The maximum Gasteiger partial charge on any atom is 0.395 e. The highest BCUT2D eigenvalue weighted by Gasteiger charge is 2.40. The molecule has 0 aromatic heterocycles. The highest BCUT2D eigenvalue weighted by Crippen LogP contribution is 2.39. The summed E-state index contributed by atoms with van der Waals surface area (Å²) in [6.07, 6.45) is -2.75. The lowest BCUT2D eigenvalue weighted by molar-refractivity contribution is -0.164. The Morgan fingerprint density at radius 3 is 2.67 bits per heavy atom. The second kappa shape index (κ2) is 4.88. The molecule has 0 radical (unpaired) electrons. The highest BCUT2D eigenvalue weighted by molar-refractivity contribution is 6.29. The van der Waals surface area contributed by atoms with Gasteiger partial charge in [-0.25, -0.2) is 0 Å². The zero-order valence-corrected chi connectivity index (χ0v) is 8.68. The maximum atomic E-state index is 12.3. The van der Waals surface area contributed by atoms with E-state index in [2.05, 4.69) is 16.7 Å². The Morgan fingerprint density at radius 2 is 2.20 bits per heavy atom. The smallest absolute Gasteiger partial charge is 0.395 e. The molecule has 2 nitrogen and oxygen atoms in total. The number of alkyl halides is 3. The molecular formula is C9H11ClF3NO. The molecule has 0 aliphatic heterocycles. The average molecular weight is 242 g/mol. The Kier molecular flexibility index (Phi) is 4.02. The van der Waals surface area contributed by atoms with Crippen molar-refractivity contribution in [3.63, 3.8) is 0 Å². The van der Waals surface area contributed by atoms with Crippen molar-refractivity contribution >= 4 is 18.3 Å². The molecule has 6 heteroatoms. The number of halogens is 4. The van der Waals surface area contributed by atoms with Crippen LogP contribution in [0.4, 0.5) is 13.2 Å². The molecule has 0 amide bonds. The van der Waals surface area contributed by atoms with E-state index in [9.17, 15) is 13.2 Å². The van der Waals surface area contributed by atoms with Gasteiger partial charge in [0.2, 0.25) is 0 Å². The number of hydrogen-bond donors (Lipinski definition) is 0. The number of nitrogens with zero attached hydrogens (tertiary/aromatic N) is 1. The highest BCUT2D eigenvalue weighted by atomic mass is 35.5. The van der Waals surface area contributed by atoms with E-state index in [-0.39, 0.29) is 24.0 Å². The SMILES string of the molecule is C=NOCC1CCC(C(F)(F)F)C=C1Cl. The van der Waals surface area contributed by atoms with Crippen LogP contribution in [0.5, 0.6) is 0 Å². The molecule has 86 valence electrons. The van der Waals surface area contributed by atoms with Crippen molar-refractivity contribution in [3.05, 3.63) is 11.1 Å². The molecule has 0 aromatic rings. The van der Waals surface area contributed by atoms with Gasteiger partial charge in [0.1, 0.15) is 6.61 Å². The molecule has 15 heavy (non-hydrogen) atoms. The predicted molar refractivity (Wildman–Crippen MR) is 51.7 cm³/mol. The van der Waals surface area contributed by atoms with Crippen LogP contribution < -0.4 is 0 Å². The van der Waals surface area contributed by atoms with Crippen LogP contribution in [0.25, 0.3) is 0 Å². The number of allylic oxidation sites excluding steroid dienone is 1. The van der Waals surface area contributed by atoms with Gasteiger partial charge >= 0.3 is 6.18 Å². The third kappa shape index (κ3) is 3.41. The van der Waals surface area contributed by atoms with Crippen molar-refractivity contribution in [2.75, 3.05) is 6.61 Å². The quantitative estimate of drug-likeness (QED) is 0.549. The van der Waals surface area contributed by atoms with Gasteiger partial charge < -0.3 is 4.84 Å². The minimum atomic E-state index is -4.21. The normalized spacial score (nSPS) is 27.1. The van der Waals surface area contributed by atoms with E-state index < -0.39 is 12.1 Å². The van der Waals surface area contributed by atoms with E-state index in [1.54, 1.807) is 0 Å². The van der Waals surface area contributed by atoms with Gasteiger partial charge in [0, 0.05) is 17.7 Å². The lowest BCUT2D eigenvalue weighted by Gasteiger charge is -2.26. The molecule has 1 rings (SSSR count). The number of oxime groups is 1. The molecule has 2 unspecified atom stereocenters. The molecule has 0 N–H and O–H groups in total. The Bertz CT molecular complexity index is 265. The van der Waals surface area contributed by atoms with Crippen LogP contribution in [0, 0.1) is 11.8 Å². The van der Waals surface area contributed by atoms with Gasteiger partial charge in [-0.05, 0) is 12.8 Å². The van der Waals surface area contributed by atoms with E-state index in [1.807, 2.05) is 0 Å². The fourth-order valence-electron chi connectivity index (χ4n) is 1.49. The monoisotopic (exact) mass is 241 g/mol. The molecule has 0 spiro atoms. The molecular weight excluding hydrogens is 231 g/mol. The fourth-order valence-corrected chi connectivity index (χ4v) is 1.82.